The van der Waals surface area contributed by atoms with Gasteiger partial charge in [-0.05, 0) is 33.5 Å². The second kappa shape index (κ2) is 6.99. The zero-order valence-electron chi connectivity index (χ0n) is 12.8. The van der Waals surface area contributed by atoms with Crippen molar-refractivity contribution in [3.05, 3.63) is 0 Å². The van der Waals surface area contributed by atoms with E-state index in [0.29, 0.717) is 0 Å². The van der Waals surface area contributed by atoms with Gasteiger partial charge in [-0.2, -0.15) is 0 Å². The van der Waals surface area contributed by atoms with Gasteiger partial charge in [-0.15, -0.1) is 0 Å². The van der Waals surface area contributed by atoms with Crippen molar-refractivity contribution >= 4 is 21.9 Å². The highest BCUT2D eigenvalue weighted by molar-refractivity contribution is 7.55. The first-order valence-corrected chi connectivity index (χ1v) is 11.1. The summed E-state index contributed by atoms with van der Waals surface area (Å²) in [7, 11) is -3.07. The highest BCUT2D eigenvalue weighted by Gasteiger charge is 2.51. The van der Waals surface area contributed by atoms with Crippen molar-refractivity contribution < 1.29 is 27.6 Å². The Bertz CT molecular complexity index is 346. The summed E-state index contributed by atoms with van der Waals surface area (Å²) >= 11 is 0. The molecule has 6 nitrogen and oxygen atoms in total. The number of rotatable bonds is 8. The molecule has 0 amide bonds. The topological polar surface area (TPSA) is 71.1 Å². The van der Waals surface area contributed by atoms with Crippen molar-refractivity contribution in [1.29, 1.82) is 0 Å². The van der Waals surface area contributed by atoms with E-state index >= 15 is 0 Å². The molecule has 1 atom stereocenters. The zero-order valence-corrected chi connectivity index (χ0v) is 14.7. The molecule has 0 saturated carbocycles. The molecule has 0 bridgehead atoms. The van der Waals surface area contributed by atoms with Crippen molar-refractivity contribution in [2.24, 2.45) is 0 Å². The molecule has 0 aromatic heterocycles. The van der Waals surface area contributed by atoms with E-state index in [1.54, 1.807) is 13.8 Å². The maximum atomic E-state index is 12.6. The van der Waals surface area contributed by atoms with Crippen molar-refractivity contribution in [2.45, 2.75) is 45.3 Å². The average Bonchev–Trinajstić information content (AvgIpc) is 2.25. The van der Waals surface area contributed by atoms with Crippen molar-refractivity contribution in [2.75, 3.05) is 20.8 Å². The van der Waals surface area contributed by atoms with Crippen LogP contribution in [0.5, 0.6) is 0 Å². The first-order chi connectivity index (χ1) is 8.53. The molecule has 0 fully saturated rings. The van der Waals surface area contributed by atoms with Gasteiger partial charge in [0.1, 0.15) is 0 Å². The van der Waals surface area contributed by atoms with Gasteiger partial charge in [-0.25, -0.2) is 0 Å². The Morgan fingerprint density at radius 2 is 1.68 bits per heavy atom. The minimum absolute atomic E-state index is 0.177. The summed E-state index contributed by atoms with van der Waals surface area (Å²) in [6, 6.07) is 0. The third-order valence-corrected chi connectivity index (χ3v) is 5.97. The second-order valence-corrected chi connectivity index (χ2v) is 12.3. The fourth-order valence-corrected chi connectivity index (χ4v) is 5.69. The van der Waals surface area contributed by atoms with Gasteiger partial charge < -0.3 is 18.2 Å². The van der Waals surface area contributed by atoms with Crippen LogP contribution < -0.4 is 0 Å². The Labute approximate surface area is 116 Å². The van der Waals surface area contributed by atoms with Crippen LogP contribution in [0.2, 0.25) is 19.6 Å². The number of carbonyl (C=O) groups is 1. The fraction of sp³-hybridized carbons (Fsp3) is 0.909. The zero-order chi connectivity index (χ0) is 15.3. The van der Waals surface area contributed by atoms with Crippen LogP contribution in [0.3, 0.4) is 0 Å². The third kappa shape index (κ3) is 5.36. The number of ether oxygens (including phenoxy) is 1. The molecule has 0 rings (SSSR count). The lowest BCUT2D eigenvalue weighted by atomic mass is 10.3. The van der Waals surface area contributed by atoms with Crippen LogP contribution >= 0.6 is 7.60 Å². The standard InChI is InChI=1S/C11H25O6PSi/c1-8-16-10(12)9-11(2,17-19(5,6)7)18(13,14-3)15-4/h8-9H2,1-7H3. The predicted octanol–water partition coefficient (Wildman–Crippen LogP) is 2.99. The van der Waals surface area contributed by atoms with E-state index < -0.39 is 27.2 Å². The number of carbonyl (C=O) groups excluding carboxylic acids is 1. The molecule has 0 aliphatic carbocycles. The number of hydrogen-bond acceptors (Lipinski definition) is 6. The van der Waals surface area contributed by atoms with Crippen LogP contribution in [0.15, 0.2) is 0 Å². The molecule has 0 heterocycles. The van der Waals surface area contributed by atoms with Crippen LogP contribution in [-0.2, 0) is 27.6 Å². The van der Waals surface area contributed by atoms with Gasteiger partial charge in [0.05, 0.1) is 13.0 Å². The summed E-state index contributed by atoms with van der Waals surface area (Å²) in [6.07, 6.45) is -0.177. The lowest BCUT2D eigenvalue weighted by Crippen LogP contribution is -2.42. The van der Waals surface area contributed by atoms with Crippen LogP contribution in [-0.4, -0.2) is 40.5 Å². The van der Waals surface area contributed by atoms with Crippen LogP contribution in [0.25, 0.3) is 0 Å². The summed E-state index contributed by atoms with van der Waals surface area (Å²) in [6.45, 7) is 9.34. The van der Waals surface area contributed by atoms with Crippen LogP contribution in [0, 0.1) is 0 Å². The third-order valence-electron chi connectivity index (χ3n) is 2.36. The van der Waals surface area contributed by atoms with E-state index in [-0.39, 0.29) is 13.0 Å². The molecule has 0 aromatic carbocycles. The van der Waals surface area contributed by atoms with Gasteiger partial charge >= 0.3 is 13.6 Å². The largest absolute Gasteiger partial charge is 0.466 e. The van der Waals surface area contributed by atoms with Crippen molar-refractivity contribution in [3.63, 3.8) is 0 Å². The van der Waals surface area contributed by atoms with E-state index in [2.05, 4.69) is 0 Å². The first-order valence-electron chi connectivity index (χ1n) is 6.11. The minimum Gasteiger partial charge on any atom is -0.466 e. The van der Waals surface area contributed by atoms with Crippen molar-refractivity contribution in [1.82, 2.24) is 0 Å². The smallest absolute Gasteiger partial charge is 0.360 e. The molecule has 0 aliphatic heterocycles. The molecule has 0 radical (unpaired) electrons. The molecule has 0 aliphatic rings. The highest BCUT2D eigenvalue weighted by Crippen LogP contribution is 2.61. The molecule has 0 spiro atoms. The molecule has 0 aromatic rings. The molecule has 1 unspecified atom stereocenters. The molecule has 0 saturated heterocycles. The SMILES string of the molecule is CCOC(=O)CC(C)(O[Si](C)(C)C)P(=O)(OC)OC. The predicted molar refractivity (Wildman–Crippen MR) is 75.7 cm³/mol. The molecular weight excluding hydrogens is 287 g/mol. The Morgan fingerprint density at radius 1 is 1.21 bits per heavy atom. The Morgan fingerprint density at radius 3 is 2.00 bits per heavy atom. The van der Waals surface area contributed by atoms with Gasteiger partial charge in [-0.3, -0.25) is 9.36 Å². The maximum Gasteiger partial charge on any atom is 0.360 e. The van der Waals surface area contributed by atoms with E-state index in [1.807, 2.05) is 19.6 Å². The average molecular weight is 312 g/mol. The van der Waals surface area contributed by atoms with Crippen LogP contribution in [0.4, 0.5) is 0 Å². The summed E-state index contributed by atoms with van der Waals surface area (Å²) in [5, 5.41) is -1.34. The maximum absolute atomic E-state index is 12.6. The van der Waals surface area contributed by atoms with Gasteiger partial charge in [0.15, 0.2) is 13.7 Å². The lowest BCUT2D eigenvalue weighted by Gasteiger charge is -2.38. The normalized spacial score (nSPS) is 15.9. The molecular formula is C11H25O6PSi. The van der Waals surface area contributed by atoms with Gasteiger partial charge in [0.2, 0.25) is 0 Å². The highest BCUT2D eigenvalue weighted by atomic mass is 31.2. The van der Waals surface area contributed by atoms with Gasteiger partial charge in [-0.1, -0.05) is 0 Å². The monoisotopic (exact) mass is 312 g/mol. The van der Waals surface area contributed by atoms with E-state index in [0.717, 1.165) is 0 Å². The molecule has 0 N–H and O–H groups in total. The van der Waals surface area contributed by atoms with Crippen molar-refractivity contribution in [3.8, 4) is 0 Å². The summed E-state index contributed by atoms with van der Waals surface area (Å²) in [4.78, 5) is 11.7. The van der Waals surface area contributed by atoms with Gasteiger partial charge in [0, 0.05) is 14.2 Å². The summed E-state index contributed by atoms with van der Waals surface area (Å²) < 4.78 is 33.4. The quantitative estimate of drug-likeness (QED) is 0.390. The minimum atomic E-state index is -3.57. The Kier molecular flexibility index (Phi) is 6.92. The lowest BCUT2D eigenvalue weighted by molar-refractivity contribution is -0.146. The van der Waals surface area contributed by atoms with Crippen LogP contribution in [0.1, 0.15) is 20.3 Å². The fourth-order valence-electron chi connectivity index (χ4n) is 1.79. The molecule has 8 heteroatoms. The molecule has 19 heavy (non-hydrogen) atoms. The first kappa shape index (κ1) is 18.8. The Hall–Kier alpha value is -0.203. The van der Waals surface area contributed by atoms with Gasteiger partial charge in [0.25, 0.3) is 0 Å². The second-order valence-electron chi connectivity index (χ2n) is 5.23. The molecule has 114 valence electrons. The number of esters is 1. The summed E-state index contributed by atoms with van der Waals surface area (Å²) in [5.41, 5.74) is 0. The van der Waals surface area contributed by atoms with E-state index in [9.17, 15) is 9.36 Å². The van der Waals surface area contributed by atoms with E-state index in [1.165, 1.54) is 14.2 Å². The van der Waals surface area contributed by atoms with E-state index in [4.69, 9.17) is 18.2 Å². The number of hydrogen-bond donors (Lipinski definition) is 0. The Balaban J connectivity index is 5.35. The summed E-state index contributed by atoms with van der Waals surface area (Å²) in [5.74, 6) is -0.488.